The Kier molecular flexibility index (Phi) is 3.88. The molecule has 0 bridgehead atoms. The Morgan fingerprint density at radius 3 is 2.79 bits per heavy atom. The zero-order chi connectivity index (χ0) is 10.6. The van der Waals surface area contributed by atoms with Crippen molar-refractivity contribution in [3.05, 3.63) is 18.1 Å². The number of nitrogen functional groups attached to an aromatic ring is 1. The quantitative estimate of drug-likeness (QED) is 0.450. The summed E-state index contributed by atoms with van der Waals surface area (Å²) >= 11 is 1.60. The highest BCUT2D eigenvalue weighted by atomic mass is 32.2. The first-order valence-corrected chi connectivity index (χ1v) is 5.35. The second kappa shape index (κ2) is 4.95. The van der Waals surface area contributed by atoms with Gasteiger partial charge in [-0.3, -0.25) is 5.41 Å². The number of aromatic nitrogens is 2. The zero-order valence-electron chi connectivity index (χ0n) is 8.32. The minimum absolute atomic E-state index is 0.0242. The molecule has 1 aromatic heterocycles. The van der Waals surface area contributed by atoms with Crippen molar-refractivity contribution in [2.45, 2.75) is 30.5 Å². The van der Waals surface area contributed by atoms with Crippen LogP contribution in [0, 0.1) is 5.41 Å². The van der Waals surface area contributed by atoms with Gasteiger partial charge in [0.25, 0.3) is 0 Å². The second-order valence-electron chi connectivity index (χ2n) is 2.96. The predicted octanol–water partition coefficient (Wildman–Crippen LogP) is 1.65. The van der Waals surface area contributed by atoms with Gasteiger partial charge >= 0.3 is 0 Å². The molecule has 5 heteroatoms. The average molecular weight is 210 g/mol. The topological polar surface area (TPSA) is 75.7 Å². The maximum atomic E-state index is 7.34. The standard InChI is InChI=1S/C9H14N4S/c1-3-6(2)14-9-7(8(10)11)12-4-5-13-9/h4-6H,3H2,1-2H3,(H3,10,11). The molecule has 0 aliphatic rings. The van der Waals surface area contributed by atoms with Crippen LogP contribution in [0.5, 0.6) is 0 Å². The Balaban J connectivity index is 2.90. The number of nitrogens with zero attached hydrogens (tertiary/aromatic N) is 2. The van der Waals surface area contributed by atoms with Crippen molar-refractivity contribution in [2.24, 2.45) is 5.73 Å². The molecule has 3 N–H and O–H groups in total. The minimum atomic E-state index is -0.0242. The van der Waals surface area contributed by atoms with E-state index in [9.17, 15) is 0 Å². The summed E-state index contributed by atoms with van der Waals surface area (Å²) in [4.78, 5) is 8.20. The molecule has 0 radical (unpaired) electrons. The van der Waals surface area contributed by atoms with E-state index in [4.69, 9.17) is 11.1 Å². The smallest absolute Gasteiger partial charge is 0.144 e. The number of nitrogens with one attached hydrogen (secondary N) is 1. The molecule has 1 unspecified atom stereocenters. The summed E-state index contributed by atoms with van der Waals surface area (Å²) in [5.41, 5.74) is 5.88. The summed E-state index contributed by atoms with van der Waals surface area (Å²) in [6, 6.07) is 0. The molecule has 0 aliphatic carbocycles. The number of amidine groups is 1. The summed E-state index contributed by atoms with van der Waals surface area (Å²) in [5.74, 6) is -0.0242. The van der Waals surface area contributed by atoms with Gasteiger partial charge in [0.05, 0.1) is 0 Å². The molecule has 4 nitrogen and oxygen atoms in total. The SMILES string of the molecule is CCC(C)Sc1nccnc1C(=N)N. The van der Waals surface area contributed by atoms with Gasteiger partial charge in [0.15, 0.2) is 0 Å². The average Bonchev–Trinajstić information content (AvgIpc) is 2.18. The van der Waals surface area contributed by atoms with Crippen molar-refractivity contribution < 1.29 is 0 Å². The maximum Gasteiger partial charge on any atom is 0.144 e. The fourth-order valence-corrected chi connectivity index (χ4v) is 1.81. The number of hydrogen-bond donors (Lipinski definition) is 2. The third kappa shape index (κ3) is 2.70. The number of hydrogen-bond acceptors (Lipinski definition) is 4. The first-order valence-electron chi connectivity index (χ1n) is 4.47. The van der Waals surface area contributed by atoms with Crippen molar-refractivity contribution in [1.29, 1.82) is 5.41 Å². The van der Waals surface area contributed by atoms with E-state index in [1.165, 1.54) is 0 Å². The van der Waals surface area contributed by atoms with Crippen molar-refractivity contribution in [3.63, 3.8) is 0 Å². The molecule has 1 aromatic rings. The minimum Gasteiger partial charge on any atom is -0.382 e. The summed E-state index contributed by atoms with van der Waals surface area (Å²) in [6.45, 7) is 4.23. The number of rotatable bonds is 4. The van der Waals surface area contributed by atoms with Gasteiger partial charge in [-0.05, 0) is 6.42 Å². The molecule has 1 heterocycles. The Bertz CT molecular complexity index is 326. The van der Waals surface area contributed by atoms with Crippen LogP contribution in [0.3, 0.4) is 0 Å². The van der Waals surface area contributed by atoms with Crippen LogP contribution in [0.2, 0.25) is 0 Å². The van der Waals surface area contributed by atoms with Crippen LogP contribution in [-0.2, 0) is 0 Å². The van der Waals surface area contributed by atoms with Crippen molar-refractivity contribution in [1.82, 2.24) is 9.97 Å². The molecule has 1 rings (SSSR count). The Morgan fingerprint density at radius 1 is 1.57 bits per heavy atom. The highest BCUT2D eigenvalue weighted by Gasteiger charge is 2.11. The zero-order valence-corrected chi connectivity index (χ0v) is 9.14. The van der Waals surface area contributed by atoms with E-state index in [-0.39, 0.29) is 5.84 Å². The molecule has 0 spiro atoms. The van der Waals surface area contributed by atoms with Crippen molar-refractivity contribution >= 4 is 17.6 Å². The van der Waals surface area contributed by atoms with Crippen LogP contribution < -0.4 is 5.73 Å². The van der Waals surface area contributed by atoms with Crippen LogP contribution in [0.4, 0.5) is 0 Å². The summed E-state index contributed by atoms with van der Waals surface area (Å²) in [5, 5.41) is 8.55. The van der Waals surface area contributed by atoms with Gasteiger partial charge in [-0.2, -0.15) is 0 Å². The van der Waals surface area contributed by atoms with E-state index in [1.54, 1.807) is 24.2 Å². The molecule has 0 aromatic carbocycles. The summed E-state index contributed by atoms with van der Waals surface area (Å²) in [7, 11) is 0. The van der Waals surface area contributed by atoms with E-state index >= 15 is 0 Å². The monoisotopic (exact) mass is 210 g/mol. The van der Waals surface area contributed by atoms with Crippen LogP contribution >= 0.6 is 11.8 Å². The molecule has 76 valence electrons. The first kappa shape index (κ1) is 11.0. The van der Waals surface area contributed by atoms with E-state index in [0.717, 1.165) is 11.4 Å². The Morgan fingerprint density at radius 2 is 2.21 bits per heavy atom. The molecule has 0 saturated heterocycles. The third-order valence-corrected chi connectivity index (χ3v) is 3.07. The van der Waals surface area contributed by atoms with Gasteiger partial charge in [-0.25, -0.2) is 9.97 Å². The maximum absolute atomic E-state index is 7.34. The normalized spacial score (nSPS) is 12.4. The van der Waals surface area contributed by atoms with Crippen LogP contribution in [0.1, 0.15) is 26.0 Å². The molecule has 14 heavy (non-hydrogen) atoms. The second-order valence-corrected chi connectivity index (χ2v) is 4.39. The Hall–Kier alpha value is -1.10. The largest absolute Gasteiger partial charge is 0.382 e. The lowest BCUT2D eigenvalue weighted by molar-refractivity contribution is 0.897. The fourth-order valence-electron chi connectivity index (χ4n) is 0.870. The van der Waals surface area contributed by atoms with Gasteiger partial charge in [0.2, 0.25) is 0 Å². The lowest BCUT2D eigenvalue weighted by Crippen LogP contribution is -2.15. The molecule has 0 aliphatic heterocycles. The molecule has 0 amide bonds. The highest BCUT2D eigenvalue weighted by molar-refractivity contribution is 7.99. The molecular formula is C9H14N4S. The van der Waals surface area contributed by atoms with Gasteiger partial charge in [-0.1, -0.05) is 13.8 Å². The first-order chi connectivity index (χ1) is 6.65. The van der Waals surface area contributed by atoms with Gasteiger partial charge in [0, 0.05) is 17.6 Å². The predicted molar refractivity (Wildman–Crippen MR) is 58.7 cm³/mol. The van der Waals surface area contributed by atoms with Crippen molar-refractivity contribution in [3.8, 4) is 0 Å². The molecule has 0 fully saturated rings. The number of nitrogens with two attached hydrogens (primary N) is 1. The molecular weight excluding hydrogens is 196 g/mol. The molecule has 1 atom stereocenters. The Labute approximate surface area is 87.8 Å². The van der Waals surface area contributed by atoms with Gasteiger partial charge in [-0.15, -0.1) is 11.8 Å². The highest BCUT2D eigenvalue weighted by Crippen LogP contribution is 2.24. The summed E-state index contributed by atoms with van der Waals surface area (Å²) in [6.07, 6.45) is 4.23. The lowest BCUT2D eigenvalue weighted by Gasteiger charge is -2.09. The van der Waals surface area contributed by atoms with Gasteiger partial charge in [0.1, 0.15) is 16.6 Å². The van der Waals surface area contributed by atoms with Crippen LogP contribution in [-0.4, -0.2) is 21.1 Å². The summed E-state index contributed by atoms with van der Waals surface area (Å²) < 4.78 is 0. The van der Waals surface area contributed by atoms with E-state index in [0.29, 0.717) is 10.9 Å². The van der Waals surface area contributed by atoms with E-state index in [2.05, 4.69) is 23.8 Å². The van der Waals surface area contributed by atoms with E-state index in [1.807, 2.05) is 0 Å². The van der Waals surface area contributed by atoms with Crippen molar-refractivity contribution in [2.75, 3.05) is 0 Å². The van der Waals surface area contributed by atoms with Crippen LogP contribution in [0.25, 0.3) is 0 Å². The van der Waals surface area contributed by atoms with Crippen LogP contribution in [0.15, 0.2) is 17.4 Å². The van der Waals surface area contributed by atoms with Gasteiger partial charge < -0.3 is 5.73 Å². The number of thioether (sulfide) groups is 1. The molecule has 0 saturated carbocycles. The lowest BCUT2D eigenvalue weighted by atomic mass is 10.4. The third-order valence-electron chi connectivity index (χ3n) is 1.81. The fraction of sp³-hybridized carbons (Fsp3) is 0.444. The van der Waals surface area contributed by atoms with E-state index < -0.39 is 0 Å².